The molecule has 0 saturated heterocycles. The zero-order chi connectivity index (χ0) is 13.1. The third-order valence-corrected chi connectivity index (χ3v) is 4.43. The first-order chi connectivity index (χ1) is 8.61. The van der Waals surface area contributed by atoms with Gasteiger partial charge in [0.1, 0.15) is 5.75 Å². The van der Waals surface area contributed by atoms with E-state index in [2.05, 4.69) is 15.9 Å². The van der Waals surface area contributed by atoms with E-state index in [0.29, 0.717) is 5.92 Å². The Balaban J connectivity index is 2.08. The fourth-order valence-corrected chi connectivity index (χ4v) is 3.18. The van der Waals surface area contributed by atoms with Crippen LogP contribution in [-0.4, -0.2) is 18.3 Å². The summed E-state index contributed by atoms with van der Waals surface area (Å²) in [5, 5.41) is 9.53. The topological polar surface area (TPSA) is 55.5 Å². The maximum atomic E-state index is 9.53. The number of hydrogen-bond donors (Lipinski definition) is 2. The number of ether oxygens (including phenoxy) is 1. The monoisotopic (exact) mass is 313 g/mol. The molecule has 3 nitrogen and oxygen atoms in total. The number of benzene rings is 1. The highest BCUT2D eigenvalue weighted by atomic mass is 79.9. The van der Waals surface area contributed by atoms with Crippen LogP contribution in [-0.2, 0) is 0 Å². The van der Waals surface area contributed by atoms with E-state index < -0.39 is 0 Å². The molecule has 4 heteroatoms. The smallest absolute Gasteiger partial charge is 0.133 e. The molecule has 0 radical (unpaired) electrons. The van der Waals surface area contributed by atoms with E-state index >= 15 is 0 Å². The Labute approximate surface area is 116 Å². The van der Waals surface area contributed by atoms with Crippen molar-refractivity contribution in [3.8, 4) is 5.75 Å². The SMILES string of the molecule is COc1ccc(C(N)C2CCC(O)CC2)cc1Br. The van der Waals surface area contributed by atoms with Crippen LogP contribution in [0.5, 0.6) is 5.75 Å². The summed E-state index contributed by atoms with van der Waals surface area (Å²) in [5.41, 5.74) is 7.46. The molecular weight excluding hydrogens is 294 g/mol. The fraction of sp³-hybridized carbons (Fsp3) is 0.571. The van der Waals surface area contributed by atoms with Gasteiger partial charge in [-0.1, -0.05) is 6.07 Å². The average Bonchev–Trinajstić information content (AvgIpc) is 2.38. The van der Waals surface area contributed by atoms with E-state index in [0.717, 1.165) is 41.5 Å². The lowest BCUT2D eigenvalue weighted by molar-refractivity contribution is 0.102. The van der Waals surface area contributed by atoms with Crippen molar-refractivity contribution in [2.75, 3.05) is 7.11 Å². The van der Waals surface area contributed by atoms with Crippen molar-refractivity contribution >= 4 is 15.9 Å². The highest BCUT2D eigenvalue weighted by molar-refractivity contribution is 9.10. The summed E-state index contributed by atoms with van der Waals surface area (Å²) < 4.78 is 6.16. The van der Waals surface area contributed by atoms with Gasteiger partial charge in [0, 0.05) is 6.04 Å². The summed E-state index contributed by atoms with van der Waals surface area (Å²) >= 11 is 3.49. The third kappa shape index (κ3) is 3.05. The van der Waals surface area contributed by atoms with Gasteiger partial charge in [-0.25, -0.2) is 0 Å². The number of halogens is 1. The molecule has 0 amide bonds. The third-order valence-electron chi connectivity index (χ3n) is 3.81. The quantitative estimate of drug-likeness (QED) is 0.902. The van der Waals surface area contributed by atoms with Crippen molar-refractivity contribution in [2.24, 2.45) is 11.7 Å². The van der Waals surface area contributed by atoms with Crippen LogP contribution >= 0.6 is 15.9 Å². The average molecular weight is 314 g/mol. The molecule has 18 heavy (non-hydrogen) atoms. The predicted molar refractivity (Wildman–Crippen MR) is 75.6 cm³/mol. The lowest BCUT2D eigenvalue weighted by Gasteiger charge is -2.30. The maximum Gasteiger partial charge on any atom is 0.133 e. The molecule has 1 aliphatic carbocycles. The van der Waals surface area contributed by atoms with Gasteiger partial charge in [-0.2, -0.15) is 0 Å². The standard InChI is InChI=1S/C14H20BrNO2/c1-18-13-7-4-10(8-12(13)15)14(16)9-2-5-11(17)6-3-9/h4,7-9,11,14,17H,2-3,5-6,16H2,1H3. The summed E-state index contributed by atoms with van der Waals surface area (Å²) in [5.74, 6) is 1.29. The molecule has 1 unspecified atom stereocenters. The Kier molecular flexibility index (Phi) is 4.65. The van der Waals surface area contributed by atoms with Gasteiger partial charge in [0.25, 0.3) is 0 Å². The molecule has 0 bridgehead atoms. The van der Waals surface area contributed by atoms with Crippen molar-refractivity contribution in [1.29, 1.82) is 0 Å². The Bertz CT molecular complexity index is 403. The molecule has 2 rings (SSSR count). The maximum absolute atomic E-state index is 9.53. The Hall–Kier alpha value is -0.580. The lowest BCUT2D eigenvalue weighted by Crippen LogP contribution is -2.27. The van der Waals surface area contributed by atoms with Gasteiger partial charge in [-0.05, 0) is 65.2 Å². The van der Waals surface area contributed by atoms with E-state index in [1.54, 1.807) is 7.11 Å². The summed E-state index contributed by atoms with van der Waals surface area (Å²) in [6.45, 7) is 0. The molecule has 1 aliphatic rings. The van der Waals surface area contributed by atoms with Crippen molar-refractivity contribution in [1.82, 2.24) is 0 Å². The number of aliphatic hydroxyl groups is 1. The largest absolute Gasteiger partial charge is 0.496 e. The van der Waals surface area contributed by atoms with E-state index in [-0.39, 0.29) is 12.1 Å². The van der Waals surface area contributed by atoms with Crippen LogP contribution in [0.3, 0.4) is 0 Å². The molecule has 1 fully saturated rings. The Morgan fingerprint density at radius 3 is 2.56 bits per heavy atom. The second-order valence-electron chi connectivity index (χ2n) is 4.99. The minimum Gasteiger partial charge on any atom is -0.496 e. The molecule has 1 atom stereocenters. The van der Waals surface area contributed by atoms with Gasteiger partial charge in [0.15, 0.2) is 0 Å². The minimum atomic E-state index is -0.129. The van der Waals surface area contributed by atoms with Crippen LogP contribution in [0, 0.1) is 5.92 Å². The zero-order valence-electron chi connectivity index (χ0n) is 10.6. The summed E-state index contributed by atoms with van der Waals surface area (Å²) in [4.78, 5) is 0. The number of nitrogens with two attached hydrogens (primary N) is 1. The van der Waals surface area contributed by atoms with E-state index in [1.165, 1.54) is 0 Å². The van der Waals surface area contributed by atoms with Crippen molar-refractivity contribution in [3.05, 3.63) is 28.2 Å². The lowest BCUT2D eigenvalue weighted by atomic mass is 9.80. The molecule has 0 heterocycles. The first-order valence-electron chi connectivity index (χ1n) is 6.39. The van der Waals surface area contributed by atoms with Crippen LogP contribution in [0.1, 0.15) is 37.3 Å². The second kappa shape index (κ2) is 6.04. The van der Waals surface area contributed by atoms with Gasteiger partial charge in [0.2, 0.25) is 0 Å². The highest BCUT2D eigenvalue weighted by Crippen LogP contribution is 2.35. The zero-order valence-corrected chi connectivity index (χ0v) is 12.2. The molecule has 1 aromatic rings. The highest BCUT2D eigenvalue weighted by Gasteiger charge is 2.25. The van der Waals surface area contributed by atoms with Gasteiger partial charge < -0.3 is 15.6 Å². The normalized spacial score (nSPS) is 25.8. The van der Waals surface area contributed by atoms with Gasteiger partial charge in [-0.3, -0.25) is 0 Å². The predicted octanol–water partition coefficient (Wildman–Crippen LogP) is 3.01. The van der Waals surface area contributed by atoms with Crippen molar-refractivity contribution < 1.29 is 9.84 Å². The summed E-state index contributed by atoms with van der Waals surface area (Å²) in [6.07, 6.45) is 3.62. The van der Waals surface area contributed by atoms with Crippen molar-refractivity contribution in [2.45, 2.75) is 37.8 Å². The number of methoxy groups -OCH3 is 1. The molecular formula is C14H20BrNO2. The van der Waals surface area contributed by atoms with E-state index in [1.807, 2.05) is 18.2 Å². The Morgan fingerprint density at radius 2 is 2.00 bits per heavy atom. The number of hydrogen-bond acceptors (Lipinski definition) is 3. The molecule has 0 aliphatic heterocycles. The van der Waals surface area contributed by atoms with Crippen molar-refractivity contribution in [3.63, 3.8) is 0 Å². The van der Waals surface area contributed by atoms with Gasteiger partial charge >= 0.3 is 0 Å². The summed E-state index contributed by atoms with van der Waals surface area (Å²) in [7, 11) is 1.65. The van der Waals surface area contributed by atoms with Gasteiger partial charge in [0.05, 0.1) is 17.7 Å². The molecule has 3 N–H and O–H groups in total. The van der Waals surface area contributed by atoms with Gasteiger partial charge in [-0.15, -0.1) is 0 Å². The first kappa shape index (κ1) is 13.8. The minimum absolute atomic E-state index is 0.0414. The molecule has 100 valence electrons. The van der Waals surface area contributed by atoms with E-state index in [9.17, 15) is 5.11 Å². The molecule has 1 saturated carbocycles. The molecule has 1 aromatic carbocycles. The number of aliphatic hydroxyl groups excluding tert-OH is 1. The van der Waals surface area contributed by atoms with E-state index in [4.69, 9.17) is 10.5 Å². The summed E-state index contributed by atoms with van der Waals surface area (Å²) in [6, 6.07) is 6.05. The van der Waals surface area contributed by atoms with Crippen LogP contribution in [0.15, 0.2) is 22.7 Å². The Morgan fingerprint density at radius 1 is 1.33 bits per heavy atom. The molecule has 0 spiro atoms. The van der Waals surface area contributed by atoms with Crippen LogP contribution in [0.25, 0.3) is 0 Å². The van der Waals surface area contributed by atoms with Crippen LogP contribution in [0.2, 0.25) is 0 Å². The molecule has 0 aromatic heterocycles. The fourth-order valence-electron chi connectivity index (χ4n) is 2.62. The second-order valence-corrected chi connectivity index (χ2v) is 5.84. The van der Waals surface area contributed by atoms with Crippen LogP contribution in [0.4, 0.5) is 0 Å². The van der Waals surface area contributed by atoms with Crippen LogP contribution < -0.4 is 10.5 Å². The first-order valence-corrected chi connectivity index (χ1v) is 7.18. The number of rotatable bonds is 3.